The van der Waals surface area contributed by atoms with Gasteiger partial charge in [-0.1, -0.05) is 5.21 Å². The first-order valence-electron chi connectivity index (χ1n) is 3.02. The van der Waals surface area contributed by atoms with Crippen molar-refractivity contribution >= 4 is 0 Å². The van der Waals surface area contributed by atoms with E-state index in [-0.39, 0.29) is 0 Å². The van der Waals surface area contributed by atoms with Crippen LogP contribution in [0.4, 0.5) is 0 Å². The van der Waals surface area contributed by atoms with Gasteiger partial charge in [-0.25, -0.2) is 9.97 Å². The molecule has 11 heavy (non-hydrogen) atoms. The molecule has 2 rings (SSSR count). The lowest BCUT2D eigenvalue weighted by atomic mass is 10.7. The zero-order chi connectivity index (χ0) is 7.52. The van der Waals surface area contributed by atoms with Gasteiger partial charge >= 0.3 is 0 Å². The molecule has 0 aromatic carbocycles. The first-order chi connectivity index (χ1) is 5.47. The molecule has 2 heterocycles. The van der Waals surface area contributed by atoms with Crippen LogP contribution in [0.5, 0.6) is 0 Å². The largest absolute Gasteiger partial charge is 0.252 e. The van der Waals surface area contributed by atoms with Crippen LogP contribution in [0.25, 0.3) is 5.95 Å². The van der Waals surface area contributed by atoms with Gasteiger partial charge in [0.25, 0.3) is 5.95 Å². The number of hydrogen-bond donors (Lipinski definition) is 0. The van der Waals surface area contributed by atoms with Crippen molar-refractivity contribution in [2.45, 2.75) is 0 Å². The second kappa shape index (κ2) is 2.45. The average molecular weight is 146 g/mol. The molecule has 0 fully saturated rings. The molecule has 53 valence electrons. The van der Waals surface area contributed by atoms with Gasteiger partial charge in [0.2, 0.25) is 0 Å². The van der Waals surface area contributed by atoms with E-state index in [4.69, 9.17) is 0 Å². The second-order valence-electron chi connectivity index (χ2n) is 1.83. The molecule has 1 radical (unpaired) electrons. The van der Waals surface area contributed by atoms with Crippen molar-refractivity contribution in [3.63, 3.8) is 0 Å². The van der Waals surface area contributed by atoms with Crippen molar-refractivity contribution in [1.29, 1.82) is 0 Å². The maximum Gasteiger partial charge on any atom is 0.252 e. The van der Waals surface area contributed by atoms with Gasteiger partial charge in [0.05, 0.1) is 18.6 Å². The summed E-state index contributed by atoms with van der Waals surface area (Å²) in [6.45, 7) is 0. The van der Waals surface area contributed by atoms with E-state index in [1.54, 1.807) is 24.7 Å². The van der Waals surface area contributed by atoms with Gasteiger partial charge in [0.1, 0.15) is 0 Å². The third-order valence-electron chi connectivity index (χ3n) is 1.13. The molecule has 2 aromatic heterocycles. The summed E-state index contributed by atoms with van der Waals surface area (Å²) >= 11 is 0. The Bertz CT molecular complexity index is 314. The highest BCUT2D eigenvalue weighted by molar-refractivity contribution is 5.04. The van der Waals surface area contributed by atoms with Gasteiger partial charge < -0.3 is 0 Å². The second-order valence-corrected chi connectivity index (χ2v) is 1.83. The van der Waals surface area contributed by atoms with Crippen LogP contribution >= 0.6 is 0 Å². The maximum absolute atomic E-state index is 3.94. The molecule has 0 saturated carbocycles. The van der Waals surface area contributed by atoms with Crippen LogP contribution in [0.3, 0.4) is 0 Å². The normalized spacial score (nSPS) is 9.82. The Morgan fingerprint density at radius 2 is 2.36 bits per heavy atom. The topological polar surface area (TPSA) is 56.5 Å². The Labute approximate surface area is 62.7 Å². The molecule has 0 bridgehead atoms. The van der Waals surface area contributed by atoms with Crippen molar-refractivity contribution in [3.05, 3.63) is 30.9 Å². The van der Waals surface area contributed by atoms with Gasteiger partial charge in [-0.2, -0.15) is 4.68 Å². The SMILES string of the molecule is [c]1ccnc(-n2ccnn2)n1. The van der Waals surface area contributed by atoms with E-state index in [1.807, 2.05) is 0 Å². The predicted octanol–water partition coefficient (Wildman–Crippen LogP) is -0.143. The number of nitrogens with zero attached hydrogens (tertiary/aromatic N) is 5. The monoisotopic (exact) mass is 146 g/mol. The Hall–Kier alpha value is -1.78. The van der Waals surface area contributed by atoms with Crippen LogP contribution in [0.15, 0.2) is 24.7 Å². The fraction of sp³-hybridized carbons (Fsp3) is 0. The van der Waals surface area contributed by atoms with Gasteiger partial charge in [-0.15, -0.1) is 5.10 Å². The minimum atomic E-state index is 0.477. The summed E-state index contributed by atoms with van der Waals surface area (Å²) in [6.07, 6.45) is 7.49. The quantitative estimate of drug-likeness (QED) is 0.561. The lowest BCUT2D eigenvalue weighted by Gasteiger charge is -1.92. The predicted molar refractivity (Wildman–Crippen MR) is 35.8 cm³/mol. The van der Waals surface area contributed by atoms with Gasteiger partial charge in [-0.05, 0) is 6.07 Å². The van der Waals surface area contributed by atoms with Crippen LogP contribution < -0.4 is 0 Å². The summed E-state index contributed by atoms with van der Waals surface area (Å²) < 4.78 is 1.47. The number of aromatic nitrogens is 5. The van der Waals surface area contributed by atoms with Gasteiger partial charge in [0, 0.05) is 6.20 Å². The highest BCUT2D eigenvalue weighted by Gasteiger charge is 1.95. The van der Waals surface area contributed by atoms with Crippen LogP contribution in [0, 0.1) is 6.20 Å². The maximum atomic E-state index is 3.94. The fourth-order valence-corrected chi connectivity index (χ4v) is 0.686. The zero-order valence-electron chi connectivity index (χ0n) is 5.55. The Morgan fingerprint density at radius 3 is 3.00 bits per heavy atom. The molecule has 2 aromatic rings. The molecule has 0 aliphatic rings. The third-order valence-corrected chi connectivity index (χ3v) is 1.13. The molecule has 0 aliphatic heterocycles. The van der Waals surface area contributed by atoms with Crippen LogP contribution in [-0.4, -0.2) is 25.0 Å². The number of rotatable bonds is 1. The Morgan fingerprint density at radius 1 is 1.36 bits per heavy atom. The Balaban J connectivity index is 2.46. The van der Waals surface area contributed by atoms with Crippen molar-refractivity contribution in [1.82, 2.24) is 25.0 Å². The standard InChI is InChI=1S/C6H4N5/c1-2-7-6(8-3-1)11-5-4-9-10-11/h1-2,4-5H. The van der Waals surface area contributed by atoms with Crippen LogP contribution in [-0.2, 0) is 0 Å². The van der Waals surface area contributed by atoms with Crippen molar-refractivity contribution in [2.75, 3.05) is 0 Å². The van der Waals surface area contributed by atoms with E-state index in [0.717, 1.165) is 0 Å². The summed E-state index contributed by atoms with van der Waals surface area (Å²) in [6, 6.07) is 1.63. The molecule has 0 unspecified atom stereocenters. The van der Waals surface area contributed by atoms with E-state index in [9.17, 15) is 0 Å². The van der Waals surface area contributed by atoms with E-state index in [2.05, 4.69) is 26.5 Å². The first-order valence-corrected chi connectivity index (χ1v) is 3.02. The molecule has 0 aliphatic carbocycles. The van der Waals surface area contributed by atoms with E-state index < -0.39 is 0 Å². The third kappa shape index (κ3) is 1.07. The molecule has 5 heteroatoms. The smallest absolute Gasteiger partial charge is 0.220 e. The molecule has 0 atom stereocenters. The minimum absolute atomic E-state index is 0.477. The molecular formula is C6H4N5. The number of hydrogen-bond acceptors (Lipinski definition) is 4. The van der Waals surface area contributed by atoms with E-state index in [0.29, 0.717) is 5.95 Å². The molecule has 0 amide bonds. The molecular weight excluding hydrogens is 142 g/mol. The van der Waals surface area contributed by atoms with E-state index in [1.165, 1.54) is 4.68 Å². The van der Waals surface area contributed by atoms with Crippen molar-refractivity contribution in [2.24, 2.45) is 0 Å². The summed E-state index contributed by atoms with van der Waals surface area (Å²) in [5.41, 5.74) is 0. The summed E-state index contributed by atoms with van der Waals surface area (Å²) in [5.74, 6) is 0.477. The summed E-state index contributed by atoms with van der Waals surface area (Å²) in [5, 5.41) is 7.33. The fourth-order valence-electron chi connectivity index (χ4n) is 0.686. The van der Waals surface area contributed by atoms with Crippen LogP contribution in [0.2, 0.25) is 0 Å². The van der Waals surface area contributed by atoms with Gasteiger partial charge in [-0.3, -0.25) is 0 Å². The Kier molecular flexibility index (Phi) is 1.33. The molecule has 0 N–H and O–H groups in total. The highest BCUT2D eigenvalue weighted by atomic mass is 15.4. The van der Waals surface area contributed by atoms with Crippen LogP contribution in [0.1, 0.15) is 0 Å². The summed E-state index contributed by atoms with van der Waals surface area (Å²) in [7, 11) is 0. The van der Waals surface area contributed by atoms with Gasteiger partial charge in [0.15, 0.2) is 0 Å². The highest BCUT2D eigenvalue weighted by Crippen LogP contribution is 1.92. The van der Waals surface area contributed by atoms with Crippen molar-refractivity contribution in [3.8, 4) is 5.95 Å². The lowest BCUT2D eigenvalue weighted by Crippen LogP contribution is -2.00. The first kappa shape index (κ1) is 5.96. The zero-order valence-corrected chi connectivity index (χ0v) is 5.55. The lowest BCUT2D eigenvalue weighted by molar-refractivity contribution is 0.754. The molecule has 5 nitrogen and oxygen atoms in total. The molecule has 0 spiro atoms. The van der Waals surface area contributed by atoms with E-state index >= 15 is 0 Å². The average Bonchev–Trinajstić information content (AvgIpc) is 2.58. The van der Waals surface area contributed by atoms with Crippen molar-refractivity contribution < 1.29 is 0 Å². The minimum Gasteiger partial charge on any atom is -0.220 e. The summed E-state index contributed by atoms with van der Waals surface area (Å²) in [4.78, 5) is 7.78. The molecule has 0 saturated heterocycles.